The van der Waals surface area contributed by atoms with E-state index in [4.69, 9.17) is 0 Å². The van der Waals surface area contributed by atoms with Crippen LogP contribution in [0, 0.1) is 5.82 Å². The van der Waals surface area contributed by atoms with Gasteiger partial charge in [-0.1, -0.05) is 39.8 Å². The van der Waals surface area contributed by atoms with Crippen molar-refractivity contribution in [2.24, 2.45) is 0 Å². The van der Waals surface area contributed by atoms with Gasteiger partial charge in [0.1, 0.15) is 5.82 Å². The van der Waals surface area contributed by atoms with Gasteiger partial charge in [-0.2, -0.15) is 0 Å². The Bertz CT molecular complexity index is 914. The molecule has 0 spiro atoms. The summed E-state index contributed by atoms with van der Waals surface area (Å²) in [5, 5.41) is 13.0. The van der Waals surface area contributed by atoms with E-state index >= 15 is 0 Å². The molecule has 0 atom stereocenters. The number of hydrogen-bond donors (Lipinski definition) is 2. The summed E-state index contributed by atoms with van der Waals surface area (Å²) < 4.78 is 15.9. The fourth-order valence-electron chi connectivity index (χ4n) is 2.44. The number of nitrogens with one attached hydrogen (secondary N) is 1. The molecule has 0 fully saturated rings. The highest BCUT2D eigenvalue weighted by Gasteiger charge is 2.13. The van der Waals surface area contributed by atoms with E-state index in [9.17, 15) is 14.3 Å². The molecule has 1 heterocycles. The Morgan fingerprint density at radius 2 is 1.89 bits per heavy atom. The molecule has 5 nitrogen and oxygen atoms in total. The number of rotatable bonds is 7. The van der Waals surface area contributed by atoms with Crippen LogP contribution in [0.25, 0.3) is 0 Å². The van der Waals surface area contributed by atoms with Crippen molar-refractivity contribution in [2.75, 3.05) is 11.1 Å². The lowest BCUT2D eigenvalue weighted by atomic mass is 10.2. The Morgan fingerprint density at radius 1 is 1.19 bits per heavy atom. The number of carbonyl (C=O) groups excluding carboxylic acids is 1. The minimum absolute atomic E-state index is 0.149. The Kier molecular flexibility index (Phi) is 6.65. The van der Waals surface area contributed by atoms with E-state index in [1.807, 2.05) is 28.8 Å². The van der Waals surface area contributed by atoms with Crippen molar-refractivity contribution in [2.45, 2.75) is 18.3 Å². The average molecular weight is 450 g/mol. The Hall–Kier alpha value is -2.16. The maximum absolute atomic E-state index is 13.1. The number of aliphatic hydroxyl groups is 1. The lowest BCUT2D eigenvalue weighted by Gasteiger charge is -2.11. The van der Waals surface area contributed by atoms with Gasteiger partial charge >= 0.3 is 0 Å². The van der Waals surface area contributed by atoms with Gasteiger partial charge in [0.2, 0.25) is 5.91 Å². The third-order valence-corrected chi connectivity index (χ3v) is 5.30. The average Bonchev–Trinajstić information content (AvgIpc) is 3.05. The van der Waals surface area contributed by atoms with Crippen LogP contribution in [-0.2, 0) is 17.9 Å². The van der Waals surface area contributed by atoms with E-state index in [1.54, 1.807) is 18.3 Å². The van der Waals surface area contributed by atoms with Gasteiger partial charge in [0.05, 0.1) is 24.3 Å². The lowest BCUT2D eigenvalue weighted by Crippen LogP contribution is -2.15. The zero-order chi connectivity index (χ0) is 19.2. The number of nitrogens with zero attached hydrogens (tertiary/aromatic N) is 2. The number of imidazole rings is 1. The molecule has 0 saturated carbocycles. The zero-order valence-electron chi connectivity index (χ0n) is 14.2. The van der Waals surface area contributed by atoms with Crippen LogP contribution in [0.1, 0.15) is 11.3 Å². The van der Waals surface area contributed by atoms with Crippen molar-refractivity contribution in [3.05, 3.63) is 76.3 Å². The van der Waals surface area contributed by atoms with E-state index < -0.39 is 0 Å². The molecule has 0 radical (unpaired) electrons. The molecule has 0 aliphatic rings. The molecular weight excluding hydrogens is 433 g/mol. The summed E-state index contributed by atoms with van der Waals surface area (Å²) in [5.74, 6) is -0.267. The summed E-state index contributed by atoms with van der Waals surface area (Å²) >= 11 is 4.63. The first-order valence-electron chi connectivity index (χ1n) is 8.13. The van der Waals surface area contributed by atoms with Gasteiger partial charge in [0, 0.05) is 16.7 Å². The minimum atomic E-state index is -0.300. The van der Waals surface area contributed by atoms with Crippen molar-refractivity contribution >= 4 is 39.3 Å². The highest BCUT2D eigenvalue weighted by molar-refractivity contribution is 9.10. The number of benzene rings is 2. The first-order chi connectivity index (χ1) is 13.0. The van der Waals surface area contributed by atoms with Crippen LogP contribution in [0.4, 0.5) is 10.1 Å². The van der Waals surface area contributed by atoms with Gasteiger partial charge in [0.15, 0.2) is 5.16 Å². The topological polar surface area (TPSA) is 67.1 Å². The zero-order valence-corrected chi connectivity index (χ0v) is 16.6. The van der Waals surface area contributed by atoms with E-state index in [0.29, 0.717) is 17.4 Å². The van der Waals surface area contributed by atoms with Crippen LogP contribution in [-0.4, -0.2) is 26.3 Å². The van der Waals surface area contributed by atoms with Gasteiger partial charge in [-0.15, -0.1) is 0 Å². The molecule has 3 rings (SSSR count). The van der Waals surface area contributed by atoms with Crippen molar-refractivity contribution in [1.82, 2.24) is 9.55 Å². The molecule has 140 valence electrons. The molecule has 0 saturated heterocycles. The van der Waals surface area contributed by atoms with Gasteiger partial charge in [-0.3, -0.25) is 4.79 Å². The van der Waals surface area contributed by atoms with E-state index in [0.717, 1.165) is 15.7 Å². The summed E-state index contributed by atoms with van der Waals surface area (Å²) in [4.78, 5) is 16.5. The van der Waals surface area contributed by atoms with Crippen molar-refractivity contribution in [1.29, 1.82) is 0 Å². The first kappa shape index (κ1) is 19.6. The van der Waals surface area contributed by atoms with Crippen molar-refractivity contribution in [3.8, 4) is 0 Å². The maximum Gasteiger partial charge on any atom is 0.234 e. The largest absolute Gasteiger partial charge is 0.390 e. The number of halogens is 2. The molecule has 27 heavy (non-hydrogen) atoms. The molecule has 0 bridgehead atoms. The normalized spacial score (nSPS) is 10.8. The standard InChI is InChI=1S/C19H17BrFN3O2S/c20-14-3-7-16(8-4-14)23-18(26)12-27-19-22-9-17(11-25)24(19)10-13-1-5-15(21)6-2-13/h1-9,25H,10-12H2,(H,23,26). The molecule has 0 unspecified atom stereocenters. The Balaban J connectivity index is 1.65. The van der Waals surface area contributed by atoms with Crippen LogP contribution in [0.5, 0.6) is 0 Å². The van der Waals surface area contributed by atoms with Crippen molar-refractivity contribution < 1.29 is 14.3 Å². The Labute approximate surface area is 168 Å². The van der Waals surface area contributed by atoms with Gasteiger partial charge in [0.25, 0.3) is 0 Å². The third-order valence-electron chi connectivity index (χ3n) is 3.78. The number of amides is 1. The van der Waals surface area contributed by atoms with Gasteiger partial charge < -0.3 is 15.0 Å². The second-order valence-electron chi connectivity index (χ2n) is 5.75. The van der Waals surface area contributed by atoms with E-state index in [1.165, 1.54) is 23.9 Å². The quantitative estimate of drug-likeness (QED) is 0.533. The Morgan fingerprint density at radius 3 is 2.56 bits per heavy atom. The smallest absolute Gasteiger partial charge is 0.234 e. The first-order valence-corrected chi connectivity index (χ1v) is 9.91. The maximum atomic E-state index is 13.1. The molecular formula is C19H17BrFN3O2S. The summed E-state index contributed by atoms with van der Waals surface area (Å²) in [5.41, 5.74) is 2.23. The van der Waals surface area contributed by atoms with Gasteiger partial charge in [-0.05, 0) is 42.0 Å². The predicted molar refractivity (Wildman–Crippen MR) is 107 cm³/mol. The highest BCUT2D eigenvalue weighted by Crippen LogP contribution is 2.21. The van der Waals surface area contributed by atoms with E-state index in [-0.39, 0.29) is 24.1 Å². The van der Waals surface area contributed by atoms with E-state index in [2.05, 4.69) is 26.2 Å². The monoisotopic (exact) mass is 449 g/mol. The molecule has 0 aliphatic heterocycles. The second kappa shape index (κ2) is 9.16. The fourth-order valence-corrected chi connectivity index (χ4v) is 3.50. The lowest BCUT2D eigenvalue weighted by molar-refractivity contribution is -0.113. The summed E-state index contributed by atoms with van der Waals surface area (Å²) in [6.45, 7) is 0.271. The van der Waals surface area contributed by atoms with Crippen LogP contribution in [0.3, 0.4) is 0 Å². The molecule has 1 amide bonds. The van der Waals surface area contributed by atoms with Crippen molar-refractivity contribution in [3.63, 3.8) is 0 Å². The molecule has 2 aromatic carbocycles. The minimum Gasteiger partial charge on any atom is -0.390 e. The molecule has 8 heteroatoms. The number of hydrogen-bond acceptors (Lipinski definition) is 4. The van der Waals surface area contributed by atoms with Crippen LogP contribution in [0.15, 0.2) is 64.4 Å². The highest BCUT2D eigenvalue weighted by atomic mass is 79.9. The van der Waals surface area contributed by atoms with Gasteiger partial charge in [-0.25, -0.2) is 9.37 Å². The predicted octanol–water partition coefficient (Wildman–Crippen LogP) is 4.06. The van der Waals surface area contributed by atoms with Crippen LogP contribution < -0.4 is 5.32 Å². The SMILES string of the molecule is O=C(CSc1ncc(CO)n1Cc1ccc(F)cc1)Nc1ccc(Br)cc1. The summed E-state index contributed by atoms with van der Waals surface area (Å²) in [6, 6.07) is 13.5. The summed E-state index contributed by atoms with van der Waals surface area (Å²) in [6.07, 6.45) is 1.58. The second-order valence-corrected chi connectivity index (χ2v) is 7.60. The summed E-state index contributed by atoms with van der Waals surface area (Å²) in [7, 11) is 0. The molecule has 0 aliphatic carbocycles. The van der Waals surface area contributed by atoms with Crippen LogP contribution in [0.2, 0.25) is 0 Å². The molecule has 2 N–H and O–H groups in total. The number of carbonyl (C=O) groups is 1. The number of aliphatic hydroxyl groups excluding tert-OH is 1. The number of thioether (sulfide) groups is 1. The third kappa shape index (κ3) is 5.41. The van der Waals surface area contributed by atoms with Crippen LogP contribution >= 0.6 is 27.7 Å². The molecule has 1 aromatic heterocycles. The molecule has 3 aromatic rings. The number of anilines is 1. The fraction of sp³-hybridized carbons (Fsp3) is 0.158. The number of aromatic nitrogens is 2.